The molecular weight excluding hydrogens is 268 g/mol. The van der Waals surface area contributed by atoms with Crippen LogP contribution in [0.5, 0.6) is 5.88 Å². The molecule has 0 radical (unpaired) electrons. The van der Waals surface area contributed by atoms with Gasteiger partial charge in [0.05, 0.1) is 24.5 Å². The maximum absolute atomic E-state index is 5.85. The van der Waals surface area contributed by atoms with Gasteiger partial charge in [0.25, 0.3) is 0 Å². The minimum atomic E-state index is 0.393. The van der Waals surface area contributed by atoms with E-state index in [0.717, 1.165) is 57.1 Å². The summed E-state index contributed by atoms with van der Waals surface area (Å²) < 4.78 is 13.1. The molecule has 0 amide bonds. The number of aromatic nitrogens is 2. The number of hydrogen-bond donors (Lipinski definition) is 1. The van der Waals surface area contributed by atoms with Crippen molar-refractivity contribution in [1.29, 1.82) is 0 Å². The summed E-state index contributed by atoms with van der Waals surface area (Å²) in [4.78, 5) is 2.45. The summed E-state index contributed by atoms with van der Waals surface area (Å²) in [6.45, 7) is 6.56. The molecule has 6 nitrogen and oxygen atoms in total. The summed E-state index contributed by atoms with van der Waals surface area (Å²) in [7, 11) is 3.63. The lowest BCUT2D eigenvalue weighted by Gasteiger charge is -2.31. The Kier molecular flexibility index (Phi) is 6.02. The van der Waals surface area contributed by atoms with Crippen molar-refractivity contribution < 1.29 is 9.47 Å². The Bertz CT molecular complexity index is 439. The second-order valence-electron chi connectivity index (χ2n) is 5.69. The van der Waals surface area contributed by atoms with Gasteiger partial charge < -0.3 is 15.2 Å². The lowest BCUT2D eigenvalue weighted by atomic mass is 10.1. The van der Waals surface area contributed by atoms with Crippen LogP contribution < -0.4 is 10.5 Å². The van der Waals surface area contributed by atoms with E-state index in [4.69, 9.17) is 15.2 Å². The first-order valence-electron chi connectivity index (χ1n) is 7.76. The lowest BCUT2D eigenvalue weighted by molar-refractivity contribution is 0.00548. The molecule has 0 saturated carbocycles. The van der Waals surface area contributed by atoms with Crippen LogP contribution in [0.2, 0.25) is 0 Å². The molecule has 0 aromatic carbocycles. The monoisotopic (exact) mass is 296 g/mol. The number of likely N-dealkylation sites (tertiary alicyclic amines) is 1. The predicted molar refractivity (Wildman–Crippen MR) is 82.4 cm³/mol. The largest absolute Gasteiger partial charge is 0.481 e. The second-order valence-corrected chi connectivity index (χ2v) is 5.69. The van der Waals surface area contributed by atoms with E-state index in [1.54, 1.807) is 7.11 Å². The van der Waals surface area contributed by atoms with E-state index in [1.165, 1.54) is 5.56 Å². The van der Waals surface area contributed by atoms with Gasteiger partial charge in [0.2, 0.25) is 5.88 Å². The third-order valence-electron chi connectivity index (χ3n) is 4.10. The Hall–Kier alpha value is -1.11. The molecule has 1 fully saturated rings. The summed E-state index contributed by atoms with van der Waals surface area (Å²) >= 11 is 0. The number of piperidine rings is 1. The van der Waals surface area contributed by atoms with Crippen molar-refractivity contribution in [3.8, 4) is 5.88 Å². The van der Waals surface area contributed by atoms with Crippen LogP contribution in [-0.4, -0.2) is 54.1 Å². The van der Waals surface area contributed by atoms with Crippen LogP contribution >= 0.6 is 0 Å². The molecule has 21 heavy (non-hydrogen) atoms. The number of methoxy groups -OCH3 is 1. The average molecular weight is 296 g/mol. The smallest absolute Gasteiger partial charge is 0.216 e. The van der Waals surface area contributed by atoms with Gasteiger partial charge in [0.1, 0.15) is 0 Å². The van der Waals surface area contributed by atoms with Crippen LogP contribution in [-0.2, 0) is 18.3 Å². The Balaban J connectivity index is 1.83. The summed E-state index contributed by atoms with van der Waals surface area (Å²) in [5.41, 5.74) is 7.74. The quantitative estimate of drug-likeness (QED) is 0.762. The number of hydrogen-bond acceptors (Lipinski definition) is 5. The third kappa shape index (κ3) is 4.18. The Labute approximate surface area is 127 Å². The SMILES string of the molecule is COc1c(CN2CCC(OCCCN)CC2)c(C)nn1C. The summed E-state index contributed by atoms with van der Waals surface area (Å²) in [6, 6.07) is 0. The molecule has 0 bridgehead atoms. The van der Waals surface area contributed by atoms with Crippen molar-refractivity contribution in [2.45, 2.75) is 38.8 Å². The van der Waals surface area contributed by atoms with E-state index in [1.807, 2.05) is 18.7 Å². The predicted octanol–water partition coefficient (Wildman–Crippen LogP) is 1.07. The molecule has 0 atom stereocenters. The zero-order chi connectivity index (χ0) is 15.2. The number of nitrogens with zero attached hydrogens (tertiary/aromatic N) is 3. The van der Waals surface area contributed by atoms with Crippen molar-refractivity contribution in [3.63, 3.8) is 0 Å². The van der Waals surface area contributed by atoms with E-state index in [-0.39, 0.29) is 0 Å². The van der Waals surface area contributed by atoms with Crippen molar-refractivity contribution in [1.82, 2.24) is 14.7 Å². The van der Waals surface area contributed by atoms with Gasteiger partial charge in [0, 0.05) is 33.3 Å². The van der Waals surface area contributed by atoms with Gasteiger partial charge in [-0.15, -0.1) is 0 Å². The summed E-state index contributed by atoms with van der Waals surface area (Å²) in [5, 5.41) is 4.44. The van der Waals surface area contributed by atoms with Gasteiger partial charge in [-0.25, -0.2) is 4.68 Å². The molecule has 0 spiro atoms. The molecule has 1 aliphatic heterocycles. The van der Waals surface area contributed by atoms with E-state index in [2.05, 4.69) is 10.00 Å². The minimum absolute atomic E-state index is 0.393. The number of ether oxygens (including phenoxy) is 2. The number of nitrogens with two attached hydrogens (primary N) is 1. The fourth-order valence-corrected chi connectivity index (χ4v) is 2.91. The molecule has 6 heteroatoms. The zero-order valence-electron chi connectivity index (χ0n) is 13.5. The van der Waals surface area contributed by atoms with E-state index in [0.29, 0.717) is 12.6 Å². The van der Waals surface area contributed by atoms with Gasteiger partial charge in [-0.05, 0) is 32.7 Å². The van der Waals surface area contributed by atoms with Crippen LogP contribution in [0, 0.1) is 6.92 Å². The van der Waals surface area contributed by atoms with E-state index in [9.17, 15) is 0 Å². The molecule has 1 aliphatic rings. The molecule has 120 valence electrons. The highest BCUT2D eigenvalue weighted by Gasteiger charge is 2.22. The first-order valence-corrected chi connectivity index (χ1v) is 7.76. The zero-order valence-corrected chi connectivity index (χ0v) is 13.5. The molecule has 2 heterocycles. The van der Waals surface area contributed by atoms with E-state index < -0.39 is 0 Å². The highest BCUT2D eigenvalue weighted by molar-refractivity contribution is 5.30. The van der Waals surface area contributed by atoms with E-state index >= 15 is 0 Å². The van der Waals surface area contributed by atoms with Crippen LogP contribution in [0.4, 0.5) is 0 Å². The van der Waals surface area contributed by atoms with Crippen LogP contribution in [0.1, 0.15) is 30.5 Å². The van der Waals surface area contributed by atoms with Crippen molar-refractivity contribution in [3.05, 3.63) is 11.3 Å². The van der Waals surface area contributed by atoms with Crippen molar-refractivity contribution in [2.24, 2.45) is 12.8 Å². The minimum Gasteiger partial charge on any atom is -0.481 e. The fourth-order valence-electron chi connectivity index (χ4n) is 2.91. The molecule has 2 rings (SSSR count). The second kappa shape index (κ2) is 7.77. The van der Waals surface area contributed by atoms with Crippen LogP contribution in [0.15, 0.2) is 0 Å². The van der Waals surface area contributed by atoms with Crippen molar-refractivity contribution in [2.75, 3.05) is 33.4 Å². The topological polar surface area (TPSA) is 65.5 Å². The normalized spacial score (nSPS) is 17.3. The first-order chi connectivity index (χ1) is 10.2. The number of aryl methyl sites for hydroxylation is 2. The highest BCUT2D eigenvalue weighted by Crippen LogP contribution is 2.24. The maximum atomic E-state index is 5.85. The molecule has 1 aromatic rings. The van der Waals surface area contributed by atoms with Crippen LogP contribution in [0.25, 0.3) is 0 Å². The van der Waals surface area contributed by atoms with Crippen molar-refractivity contribution >= 4 is 0 Å². The molecule has 1 saturated heterocycles. The molecule has 0 unspecified atom stereocenters. The molecule has 0 aliphatic carbocycles. The van der Waals surface area contributed by atoms with Gasteiger partial charge in [-0.3, -0.25) is 4.90 Å². The lowest BCUT2D eigenvalue weighted by Crippen LogP contribution is -2.37. The third-order valence-corrected chi connectivity index (χ3v) is 4.10. The fraction of sp³-hybridized carbons (Fsp3) is 0.800. The van der Waals surface area contributed by atoms with Gasteiger partial charge in [-0.2, -0.15) is 5.10 Å². The average Bonchev–Trinajstić information content (AvgIpc) is 2.75. The summed E-state index contributed by atoms with van der Waals surface area (Å²) in [6.07, 6.45) is 3.52. The van der Waals surface area contributed by atoms with Gasteiger partial charge >= 0.3 is 0 Å². The Morgan fingerprint density at radius 3 is 2.67 bits per heavy atom. The first kappa shape index (κ1) is 16.3. The van der Waals surface area contributed by atoms with Gasteiger partial charge in [0.15, 0.2) is 0 Å². The Morgan fingerprint density at radius 1 is 1.33 bits per heavy atom. The highest BCUT2D eigenvalue weighted by atomic mass is 16.5. The van der Waals surface area contributed by atoms with Crippen LogP contribution in [0.3, 0.4) is 0 Å². The summed E-state index contributed by atoms with van der Waals surface area (Å²) in [5.74, 6) is 0.869. The maximum Gasteiger partial charge on any atom is 0.216 e. The Morgan fingerprint density at radius 2 is 2.05 bits per heavy atom. The standard InChI is InChI=1S/C15H28N4O2/c1-12-14(15(20-3)18(2)17-12)11-19-8-5-13(6-9-19)21-10-4-7-16/h13H,4-11,16H2,1-3H3. The molecule has 1 aromatic heterocycles. The van der Waals surface area contributed by atoms with Gasteiger partial charge in [-0.1, -0.05) is 0 Å². The molecular formula is C15H28N4O2. The molecule has 2 N–H and O–H groups in total. The number of rotatable bonds is 7.